The molecule has 1 atom stereocenters. The first kappa shape index (κ1) is 12.4. The Balaban J connectivity index is 1.97. The quantitative estimate of drug-likeness (QED) is 0.865. The molecule has 1 aliphatic heterocycles. The highest BCUT2D eigenvalue weighted by Crippen LogP contribution is 2.18. The molecule has 2 rings (SSSR count). The molecule has 1 aliphatic rings. The highest BCUT2D eigenvalue weighted by atomic mass is 15.2. The average molecular weight is 233 g/mol. The first-order valence-corrected chi connectivity index (χ1v) is 6.71. The molecule has 3 heteroatoms. The lowest BCUT2D eigenvalue weighted by atomic mass is 10.1. The Morgan fingerprint density at radius 3 is 3.12 bits per heavy atom. The van der Waals surface area contributed by atoms with Crippen LogP contribution < -0.4 is 10.2 Å². The molecule has 3 nitrogen and oxygen atoms in total. The van der Waals surface area contributed by atoms with Gasteiger partial charge in [-0.25, -0.2) is 4.98 Å². The molecule has 94 valence electrons. The molecule has 1 aromatic heterocycles. The van der Waals surface area contributed by atoms with E-state index in [1.807, 2.05) is 0 Å². The maximum Gasteiger partial charge on any atom is 0.128 e. The number of hydrogen-bond acceptors (Lipinski definition) is 3. The number of hydrogen-bond donors (Lipinski definition) is 1. The van der Waals surface area contributed by atoms with Crippen LogP contribution in [0.3, 0.4) is 0 Å². The Morgan fingerprint density at radius 2 is 2.35 bits per heavy atom. The molecule has 0 amide bonds. The van der Waals surface area contributed by atoms with E-state index in [0.29, 0.717) is 6.04 Å². The van der Waals surface area contributed by atoms with Crippen molar-refractivity contribution in [2.24, 2.45) is 0 Å². The van der Waals surface area contributed by atoms with Crippen molar-refractivity contribution >= 4 is 5.82 Å². The van der Waals surface area contributed by atoms with Crippen molar-refractivity contribution in [3.8, 4) is 0 Å². The van der Waals surface area contributed by atoms with Crippen molar-refractivity contribution in [2.45, 2.75) is 39.2 Å². The summed E-state index contributed by atoms with van der Waals surface area (Å²) in [6, 6.07) is 6.90. The third-order valence-corrected chi connectivity index (χ3v) is 3.30. The van der Waals surface area contributed by atoms with E-state index in [-0.39, 0.29) is 0 Å². The normalized spacial score (nSPS) is 20.6. The standard InChI is InChI=1S/C14H23N3/c1-3-9-15-13-7-5-10-17(11-13)14-8-4-6-12(2)16-14/h4,6,8,13,15H,3,5,7,9-11H2,1-2H3. The van der Waals surface area contributed by atoms with Crippen LogP contribution in [0.2, 0.25) is 0 Å². The fourth-order valence-electron chi connectivity index (χ4n) is 2.41. The average Bonchev–Trinajstić information content (AvgIpc) is 2.37. The van der Waals surface area contributed by atoms with Gasteiger partial charge >= 0.3 is 0 Å². The Morgan fingerprint density at radius 1 is 1.47 bits per heavy atom. The molecule has 0 aliphatic carbocycles. The van der Waals surface area contributed by atoms with Gasteiger partial charge in [-0.05, 0) is 44.9 Å². The number of nitrogens with zero attached hydrogens (tertiary/aromatic N) is 2. The maximum atomic E-state index is 4.61. The lowest BCUT2D eigenvalue weighted by Gasteiger charge is -2.34. The van der Waals surface area contributed by atoms with E-state index in [2.05, 4.69) is 47.2 Å². The summed E-state index contributed by atoms with van der Waals surface area (Å²) in [6.07, 6.45) is 3.76. The number of pyridine rings is 1. The highest BCUT2D eigenvalue weighted by molar-refractivity contribution is 5.39. The molecule has 1 unspecified atom stereocenters. The van der Waals surface area contributed by atoms with Crippen molar-refractivity contribution in [3.05, 3.63) is 23.9 Å². The van der Waals surface area contributed by atoms with Gasteiger partial charge in [0.2, 0.25) is 0 Å². The molecule has 0 saturated carbocycles. The van der Waals surface area contributed by atoms with Gasteiger partial charge in [0.05, 0.1) is 0 Å². The molecule has 17 heavy (non-hydrogen) atoms. The van der Waals surface area contributed by atoms with E-state index < -0.39 is 0 Å². The Bertz CT molecular complexity index is 351. The zero-order chi connectivity index (χ0) is 12.1. The fraction of sp³-hybridized carbons (Fsp3) is 0.643. The summed E-state index contributed by atoms with van der Waals surface area (Å²) in [6.45, 7) is 7.63. The van der Waals surface area contributed by atoms with E-state index in [1.54, 1.807) is 0 Å². The van der Waals surface area contributed by atoms with Crippen LogP contribution in [0.5, 0.6) is 0 Å². The minimum Gasteiger partial charge on any atom is -0.355 e. The summed E-state index contributed by atoms with van der Waals surface area (Å²) < 4.78 is 0. The van der Waals surface area contributed by atoms with Crippen LogP contribution in [-0.2, 0) is 0 Å². The second kappa shape index (κ2) is 6.01. The largest absolute Gasteiger partial charge is 0.355 e. The third-order valence-electron chi connectivity index (χ3n) is 3.30. The number of nitrogens with one attached hydrogen (secondary N) is 1. The van der Waals surface area contributed by atoms with Crippen LogP contribution in [0.4, 0.5) is 5.82 Å². The first-order chi connectivity index (χ1) is 8.29. The van der Waals surface area contributed by atoms with Crippen molar-refractivity contribution < 1.29 is 0 Å². The van der Waals surface area contributed by atoms with Crippen LogP contribution in [0.25, 0.3) is 0 Å². The van der Waals surface area contributed by atoms with E-state index in [4.69, 9.17) is 0 Å². The summed E-state index contributed by atoms with van der Waals surface area (Å²) in [5.41, 5.74) is 1.10. The molecule has 0 aromatic carbocycles. The summed E-state index contributed by atoms with van der Waals surface area (Å²) in [5.74, 6) is 1.13. The smallest absolute Gasteiger partial charge is 0.128 e. The van der Waals surface area contributed by atoms with Gasteiger partial charge in [-0.1, -0.05) is 13.0 Å². The van der Waals surface area contributed by atoms with Gasteiger partial charge in [0.25, 0.3) is 0 Å². The fourth-order valence-corrected chi connectivity index (χ4v) is 2.41. The van der Waals surface area contributed by atoms with Gasteiger partial charge in [-0.3, -0.25) is 0 Å². The predicted octanol–water partition coefficient (Wildman–Crippen LogP) is 2.36. The van der Waals surface area contributed by atoms with Gasteiger partial charge in [0, 0.05) is 24.8 Å². The molecule has 2 heterocycles. The van der Waals surface area contributed by atoms with Gasteiger partial charge < -0.3 is 10.2 Å². The number of anilines is 1. The minimum absolute atomic E-state index is 0.631. The lowest BCUT2D eigenvalue weighted by molar-refractivity contribution is 0.421. The van der Waals surface area contributed by atoms with Crippen LogP contribution in [0.1, 0.15) is 31.9 Å². The molecule has 0 spiro atoms. The monoisotopic (exact) mass is 233 g/mol. The Kier molecular flexibility index (Phi) is 4.37. The zero-order valence-corrected chi connectivity index (χ0v) is 10.9. The number of aryl methyl sites for hydroxylation is 1. The van der Waals surface area contributed by atoms with E-state index in [9.17, 15) is 0 Å². The summed E-state index contributed by atoms with van der Waals surface area (Å²) in [7, 11) is 0. The number of piperidine rings is 1. The first-order valence-electron chi connectivity index (χ1n) is 6.71. The van der Waals surface area contributed by atoms with Crippen LogP contribution in [0.15, 0.2) is 18.2 Å². The number of aromatic nitrogens is 1. The maximum absolute atomic E-state index is 4.61. The molecule has 1 fully saturated rings. The SMILES string of the molecule is CCCNC1CCCN(c2cccc(C)n2)C1. The molecular formula is C14H23N3. The summed E-state index contributed by atoms with van der Waals surface area (Å²) >= 11 is 0. The zero-order valence-electron chi connectivity index (χ0n) is 10.9. The molecule has 1 saturated heterocycles. The minimum atomic E-state index is 0.631. The number of rotatable bonds is 4. The summed E-state index contributed by atoms with van der Waals surface area (Å²) in [5, 5.41) is 3.62. The Labute approximate surface area is 104 Å². The Hall–Kier alpha value is -1.09. The van der Waals surface area contributed by atoms with Gasteiger partial charge in [-0.2, -0.15) is 0 Å². The van der Waals surface area contributed by atoms with Crippen molar-refractivity contribution in [3.63, 3.8) is 0 Å². The molecular weight excluding hydrogens is 210 g/mol. The van der Waals surface area contributed by atoms with Crippen molar-refractivity contribution in [1.82, 2.24) is 10.3 Å². The third kappa shape index (κ3) is 3.43. The molecule has 0 bridgehead atoms. The highest BCUT2D eigenvalue weighted by Gasteiger charge is 2.19. The molecule has 1 N–H and O–H groups in total. The molecule has 0 radical (unpaired) electrons. The lowest BCUT2D eigenvalue weighted by Crippen LogP contribution is -2.46. The topological polar surface area (TPSA) is 28.2 Å². The van der Waals surface area contributed by atoms with Crippen LogP contribution in [0, 0.1) is 6.92 Å². The second-order valence-corrected chi connectivity index (χ2v) is 4.88. The van der Waals surface area contributed by atoms with Crippen molar-refractivity contribution in [1.29, 1.82) is 0 Å². The van der Waals surface area contributed by atoms with Gasteiger partial charge in [-0.15, -0.1) is 0 Å². The predicted molar refractivity (Wildman–Crippen MR) is 72.5 cm³/mol. The van der Waals surface area contributed by atoms with Crippen LogP contribution >= 0.6 is 0 Å². The van der Waals surface area contributed by atoms with Gasteiger partial charge in [0.15, 0.2) is 0 Å². The van der Waals surface area contributed by atoms with E-state index in [0.717, 1.165) is 31.1 Å². The van der Waals surface area contributed by atoms with Gasteiger partial charge in [0.1, 0.15) is 5.82 Å². The van der Waals surface area contributed by atoms with E-state index >= 15 is 0 Å². The summed E-state index contributed by atoms with van der Waals surface area (Å²) in [4.78, 5) is 7.02. The van der Waals surface area contributed by atoms with E-state index in [1.165, 1.54) is 19.3 Å². The molecule has 1 aromatic rings. The second-order valence-electron chi connectivity index (χ2n) is 4.88. The van der Waals surface area contributed by atoms with Crippen molar-refractivity contribution in [2.75, 3.05) is 24.5 Å². The van der Waals surface area contributed by atoms with Crippen LogP contribution in [-0.4, -0.2) is 30.7 Å².